The van der Waals surface area contributed by atoms with Gasteiger partial charge in [-0.05, 0) is 29.2 Å². The molecule has 1 unspecified atom stereocenters. The normalized spacial score (nSPS) is 15.8. The number of fused-ring (bicyclic) bond motifs is 3. The molecule has 0 bridgehead atoms. The summed E-state index contributed by atoms with van der Waals surface area (Å²) in [6.07, 6.45) is 0. The van der Waals surface area contributed by atoms with Gasteiger partial charge in [0.15, 0.2) is 11.2 Å². The van der Waals surface area contributed by atoms with E-state index in [1.165, 1.54) is 14.7 Å². The van der Waals surface area contributed by atoms with Crippen LogP contribution in [0, 0.1) is 5.92 Å². The number of hydrogen-bond acceptors (Lipinski definition) is 4. The van der Waals surface area contributed by atoms with Crippen LogP contribution in [-0.2, 0) is 26.7 Å². The van der Waals surface area contributed by atoms with Crippen LogP contribution in [-0.4, -0.2) is 25.2 Å². The van der Waals surface area contributed by atoms with Crippen LogP contribution in [0.5, 0.6) is 0 Å². The highest BCUT2D eigenvalue weighted by Crippen LogP contribution is 2.28. The van der Waals surface area contributed by atoms with Crippen molar-refractivity contribution in [1.82, 2.24) is 18.7 Å². The van der Waals surface area contributed by atoms with Gasteiger partial charge in [0.1, 0.15) is 0 Å². The van der Waals surface area contributed by atoms with E-state index in [9.17, 15) is 9.59 Å². The average Bonchev–Trinajstić information content (AvgIpc) is 3.16. The number of rotatable bonds is 4. The Morgan fingerprint density at radius 2 is 1.75 bits per heavy atom. The van der Waals surface area contributed by atoms with E-state index in [-0.39, 0.29) is 17.8 Å². The van der Waals surface area contributed by atoms with E-state index in [4.69, 9.17) is 16.6 Å². The van der Waals surface area contributed by atoms with Gasteiger partial charge in [-0.15, -0.1) is 0 Å². The van der Waals surface area contributed by atoms with Crippen molar-refractivity contribution in [3.63, 3.8) is 0 Å². The Morgan fingerprint density at radius 1 is 1.00 bits per heavy atom. The molecule has 7 nitrogen and oxygen atoms in total. The lowest BCUT2D eigenvalue weighted by atomic mass is 10.1. The van der Waals surface area contributed by atoms with Crippen molar-refractivity contribution >= 4 is 28.7 Å². The zero-order valence-electron chi connectivity index (χ0n) is 18.0. The Balaban J connectivity index is 1.66. The molecule has 2 aromatic carbocycles. The second-order valence-electron chi connectivity index (χ2n) is 8.53. The van der Waals surface area contributed by atoms with Crippen LogP contribution in [0.3, 0.4) is 0 Å². The molecule has 1 atom stereocenters. The van der Waals surface area contributed by atoms with Crippen molar-refractivity contribution in [2.24, 2.45) is 13.0 Å². The summed E-state index contributed by atoms with van der Waals surface area (Å²) in [5, 5.41) is 0.570. The first-order chi connectivity index (χ1) is 15.4. The topological polar surface area (TPSA) is 65.1 Å². The SMILES string of the molecule is CC1CN(Cc2ccccc2)c2nc3c(c(=O)n(Cc4cccc(Cl)c4)c(=O)n3C)n2C1. The van der Waals surface area contributed by atoms with Crippen molar-refractivity contribution in [1.29, 1.82) is 0 Å². The molecule has 4 aromatic rings. The lowest BCUT2D eigenvalue weighted by Gasteiger charge is -2.33. The molecule has 0 saturated heterocycles. The highest BCUT2D eigenvalue weighted by Gasteiger charge is 2.29. The Labute approximate surface area is 190 Å². The summed E-state index contributed by atoms with van der Waals surface area (Å²) in [4.78, 5) is 33.6. The smallest absolute Gasteiger partial charge is 0.332 e. The molecule has 1 aliphatic rings. The third-order valence-corrected chi connectivity index (χ3v) is 6.20. The van der Waals surface area contributed by atoms with Crippen molar-refractivity contribution in [3.05, 3.63) is 91.6 Å². The van der Waals surface area contributed by atoms with Gasteiger partial charge in [-0.25, -0.2) is 4.79 Å². The van der Waals surface area contributed by atoms with Crippen LogP contribution in [0.15, 0.2) is 64.2 Å². The Kier molecular flexibility index (Phi) is 5.13. The van der Waals surface area contributed by atoms with Crippen molar-refractivity contribution < 1.29 is 0 Å². The van der Waals surface area contributed by atoms with E-state index in [1.54, 1.807) is 19.2 Å². The molecular formula is C24H24ClN5O2. The maximum atomic E-state index is 13.5. The lowest BCUT2D eigenvalue weighted by molar-refractivity contribution is 0.435. The monoisotopic (exact) mass is 449 g/mol. The number of aromatic nitrogens is 4. The molecule has 0 saturated carbocycles. The van der Waals surface area contributed by atoms with Gasteiger partial charge in [0.25, 0.3) is 5.56 Å². The number of nitrogens with zero attached hydrogens (tertiary/aromatic N) is 5. The Morgan fingerprint density at radius 3 is 2.50 bits per heavy atom. The number of benzene rings is 2. The van der Waals surface area contributed by atoms with Crippen LogP contribution in [0.2, 0.25) is 5.02 Å². The number of aryl methyl sites for hydroxylation is 1. The molecule has 0 aliphatic carbocycles. The van der Waals surface area contributed by atoms with Crippen molar-refractivity contribution in [2.45, 2.75) is 26.6 Å². The third kappa shape index (κ3) is 3.52. The highest BCUT2D eigenvalue weighted by atomic mass is 35.5. The maximum absolute atomic E-state index is 13.5. The molecule has 164 valence electrons. The van der Waals surface area contributed by atoms with Gasteiger partial charge in [0, 0.05) is 31.7 Å². The molecule has 0 radical (unpaired) electrons. The van der Waals surface area contributed by atoms with Gasteiger partial charge >= 0.3 is 5.69 Å². The van der Waals surface area contributed by atoms with Crippen LogP contribution in [0.1, 0.15) is 18.1 Å². The number of imidazole rings is 1. The molecule has 0 spiro atoms. The largest absolute Gasteiger partial charge is 0.338 e. The molecule has 3 heterocycles. The first-order valence-electron chi connectivity index (χ1n) is 10.7. The van der Waals surface area contributed by atoms with Gasteiger partial charge < -0.3 is 9.47 Å². The predicted octanol–water partition coefficient (Wildman–Crippen LogP) is 3.25. The van der Waals surface area contributed by atoms with Crippen molar-refractivity contribution in [2.75, 3.05) is 11.4 Å². The molecular weight excluding hydrogens is 426 g/mol. The molecule has 1 aliphatic heterocycles. The summed E-state index contributed by atoms with van der Waals surface area (Å²) in [7, 11) is 1.67. The molecule has 5 rings (SSSR count). The van der Waals surface area contributed by atoms with E-state index in [2.05, 4.69) is 24.0 Å². The van der Waals surface area contributed by atoms with E-state index in [1.807, 2.05) is 34.9 Å². The first-order valence-corrected chi connectivity index (χ1v) is 11.0. The summed E-state index contributed by atoms with van der Waals surface area (Å²) in [6.45, 7) is 4.54. The quantitative estimate of drug-likeness (QED) is 0.479. The molecule has 2 aromatic heterocycles. The minimum Gasteiger partial charge on any atom is -0.338 e. The van der Waals surface area contributed by atoms with E-state index >= 15 is 0 Å². The summed E-state index contributed by atoms with van der Waals surface area (Å²) < 4.78 is 4.71. The fraction of sp³-hybridized carbons (Fsp3) is 0.292. The second kappa shape index (κ2) is 7.98. The van der Waals surface area contributed by atoms with Gasteiger partial charge in [-0.3, -0.25) is 13.9 Å². The predicted molar refractivity (Wildman–Crippen MR) is 126 cm³/mol. The minimum absolute atomic E-state index is 0.159. The number of hydrogen-bond donors (Lipinski definition) is 0. The summed E-state index contributed by atoms with van der Waals surface area (Å²) in [5.41, 5.74) is 2.15. The Hall–Kier alpha value is -3.32. The average molecular weight is 450 g/mol. The van der Waals surface area contributed by atoms with Gasteiger partial charge in [-0.1, -0.05) is 61.0 Å². The zero-order valence-corrected chi connectivity index (χ0v) is 18.8. The van der Waals surface area contributed by atoms with Gasteiger partial charge in [0.2, 0.25) is 5.95 Å². The van der Waals surface area contributed by atoms with E-state index in [0.717, 1.165) is 18.1 Å². The number of halogens is 1. The summed E-state index contributed by atoms with van der Waals surface area (Å²) >= 11 is 6.10. The van der Waals surface area contributed by atoms with Crippen molar-refractivity contribution in [3.8, 4) is 0 Å². The lowest BCUT2D eigenvalue weighted by Crippen LogP contribution is -2.41. The molecule has 0 fully saturated rings. The third-order valence-electron chi connectivity index (χ3n) is 5.97. The fourth-order valence-electron chi connectivity index (χ4n) is 4.50. The Bertz CT molecular complexity index is 1420. The van der Waals surface area contributed by atoms with Crippen LogP contribution in [0.4, 0.5) is 5.95 Å². The molecule has 0 amide bonds. The molecule has 32 heavy (non-hydrogen) atoms. The summed E-state index contributed by atoms with van der Waals surface area (Å²) in [6, 6.07) is 17.4. The summed E-state index contributed by atoms with van der Waals surface area (Å²) in [5.74, 6) is 1.07. The fourth-order valence-corrected chi connectivity index (χ4v) is 4.71. The van der Waals surface area contributed by atoms with E-state index in [0.29, 0.717) is 35.2 Å². The van der Waals surface area contributed by atoms with Crippen LogP contribution in [0.25, 0.3) is 11.2 Å². The zero-order chi connectivity index (χ0) is 22.4. The molecule has 0 N–H and O–H groups in total. The minimum atomic E-state index is -0.388. The van der Waals surface area contributed by atoms with Crippen LogP contribution >= 0.6 is 11.6 Å². The standard InChI is InChI=1S/C24H24ClN5O2/c1-16-12-28(14-17-7-4-3-5-8-17)23-26-21-20(29(23)13-16)22(31)30(24(32)27(21)2)15-18-9-6-10-19(25)11-18/h3-11,16H,12-15H2,1-2H3. The van der Waals surface area contributed by atoms with Crippen LogP contribution < -0.4 is 16.1 Å². The molecule has 8 heteroatoms. The van der Waals surface area contributed by atoms with E-state index < -0.39 is 0 Å². The van der Waals surface area contributed by atoms with Gasteiger partial charge in [-0.2, -0.15) is 4.98 Å². The first kappa shape index (κ1) is 20.6. The number of anilines is 1. The maximum Gasteiger partial charge on any atom is 0.332 e. The second-order valence-corrected chi connectivity index (χ2v) is 8.97. The van der Waals surface area contributed by atoms with Gasteiger partial charge in [0.05, 0.1) is 6.54 Å². The highest BCUT2D eigenvalue weighted by molar-refractivity contribution is 6.30.